The molecule has 6 heteroatoms. The molecule has 0 aromatic rings. The predicted molar refractivity (Wildman–Crippen MR) is 116 cm³/mol. The van der Waals surface area contributed by atoms with Crippen LogP contribution in [0.3, 0.4) is 0 Å². The molecule has 1 amide bonds. The quantitative estimate of drug-likeness (QED) is 0.381. The second kappa shape index (κ2) is 9.42. The van der Waals surface area contributed by atoms with Gasteiger partial charge in [-0.25, -0.2) is 0 Å². The smallest absolute Gasteiger partial charge is 0.230 e. The third-order valence-electron chi connectivity index (χ3n) is 5.92. The molecule has 146 valence electrons. The summed E-state index contributed by atoms with van der Waals surface area (Å²) in [5.74, 6) is 1.10. The van der Waals surface area contributed by atoms with Crippen molar-refractivity contribution in [2.45, 2.75) is 71.3 Å². The van der Waals surface area contributed by atoms with Crippen molar-refractivity contribution < 1.29 is 4.79 Å². The van der Waals surface area contributed by atoms with E-state index in [1.54, 1.807) is 4.90 Å². The van der Waals surface area contributed by atoms with E-state index < -0.39 is 0 Å². The maximum Gasteiger partial charge on any atom is 0.230 e. The summed E-state index contributed by atoms with van der Waals surface area (Å²) >= 11 is 0. The number of carbonyl (C=O) groups excluding carboxylic acids is 1. The van der Waals surface area contributed by atoms with Gasteiger partial charge in [0.1, 0.15) is 0 Å². The summed E-state index contributed by atoms with van der Waals surface area (Å²) in [6, 6.07) is 0.494. The van der Waals surface area contributed by atoms with Gasteiger partial charge in [0.2, 0.25) is 5.91 Å². The Labute approximate surface area is 170 Å². The zero-order valence-corrected chi connectivity index (χ0v) is 19.0. The first kappa shape index (κ1) is 22.5. The molecule has 2 fully saturated rings. The summed E-state index contributed by atoms with van der Waals surface area (Å²) in [4.78, 5) is 18.8. The molecule has 0 aromatic carbocycles. The summed E-state index contributed by atoms with van der Waals surface area (Å²) in [6.07, 6.45) is 9.13. The maximum atomic E-state index is 12.7. The molecule has 0 aliphatic heterocycles. The molecule has 0 spiro atoms. The van der Waals surface area contributed by atoms with Crippen LogP contribution in [0.5, 0.6) is 0 Å². The Morgan fingerprint density at radius 2 is 1.68 bits per heavy atom. The highest BCUT2D eigenvalue weighted by atomic mass is 127. The lowest BCUT2D eigenvalue weighted by Crippen LogP contribution is -2.51. The Hall–Kier alpha value is -0.530. The molecule has 0 heterocycles. The molecule has 0 saturated heterocycles. The van der Waals surface area contributed by atoms with Crippen molar-refractivity contribution in [3.63, 3.8) is 0 Å². The van der Waals surface area contributed by atoms with Gasteiger partial charge < -0.3 is 15.5 Å². The molecule has 0 unspecified atom stereocenters. The van der Waals surface area contributed by atoms with Crippen LogP contribution in [0.4, 0.5) is 0 Å². The van der Waals surface area contributed by atoms with E-state index in [9.17, 15) is 4.79 Å². The van der Waals surface area contributed by atoms with Gasteiger partial charge in [-0.2, -0.15) is 0 Å². The number of guanidine groups is 1. The lowest BCUT2D eigenvalue weighted by atomic mass is 9.75. The predicted octanol–water partition coefficient (Wildman–Crippen LogP) is 3.39. The second-order valence-corrected chi connectivity index (χ2v) is 8.70. The van der Waals surface area contributed by atoms with Gasteiger partial charge in [-0.3, -0.25) is 9.79 Å². The number of carbonyl (C=O) groups is 1. The highest BCUT2D eigenvalue weighted by Gasteiger charge is 2.42. The van der Waals surface area contributed by atoms with Crippen LogP contribution in [0.25, 0.3) is 0 Å². The number of hydrogen-bond donors (Lipinski definition) is 2. The van der Waals surface area contributed by atoms with Crippen LogP contribution in [0.2, 0.25) is 0 Å². The van der Waals surface area contributed by atoms with Gasteiger partial charge in [0.25, 0.3) is 0 Å². The summed E-state index contributed by atoms with van der Waals surface area (Å²) in [6.45, 7) is 5.39. The first-order valence-electron chi connectivity index (χ1n) is 9.47. The van der Waals surface area contributed by atoms with E-state index in [-0.39, 0.29) is 35.3 Å². The van der Waals surface area contributed by atoms with Crippen LogP contribution in [0, 0.1) is 10.8 Å². The van der Waals surface area contributed by atoms with E-state index in [0.29, 0.717) is 18.0 Å². The van der Waals surface area contributed by atoms with E-state index >= 15 is 0 Å². The Kier molecular flexibility index (Phi) is 8.48. The summed E-state index contributed by atoms with van der Waals surface area (Å²) < 4.78 is 0. The zero-order valence-electron chi connectivity index (χ0n) is 16.7. The Balaban J connectivity index is 0.00000312. The average Bonchev–Trinajstić information content (AvgIpc) is 3.02. The van der Waals surface area contributed by atoms with Crippen LogP contribution < -0.4 is 10.6 Å². The molecule has 25 heavy (non-hydrogen) atoms. The fraction of sp³-hybridized carbons (Fsp3) is 0.895. The first-order chi connectivity index (χ1) is 11.3. The van der Waals surface area contributed by atoms with Crippen molar-refractivity contribution in [2.24, 2.45) is 15.8 Å². The van der Waals surface area contributed by atoms with Gasteiger partial charge in [-0.1, -0.05) is 26.7 Å². The summed E-state index contributed by atoms with van der Waals surface area (Å²) in [5, 5.41) is 7.01. The number of hydrogen-bond acceptors (Lipinski definition) is 2. The van der Waals surface area contributed by atoms with Crippen LogP contribution in [-0.4, -0.2) is 50.5 Å². The molecule has 2 saturated carbocycles. The zero-order chi connectivity index (χ0) is 17.8. The second-order valence-electron chi connectivity index (χ2n) is 8.70. The van der Waals surface area contributed by atoms with Gasteiger partial charge in [-0.05, 0) is 43.9 Å². The number of aliphatic imine (C=N–C) groups is 1. The fourth-order valence-electron chi connectivity index (χ4n) is 4.18. The first-order valence-corrected chi connectivity index (χ1v) is 9.47. The van der Waals surface area contributed by atoms with Crippen LogP contribution in [0.1, 0.15) is 65.2 Å². The van der Waals surface area contributed by atoms with Gasteiger partial charge in [0.05, 0.1) is 5.41 Å². The van der Waals surface area contributed by atoms with Crippen molar-refractivity contribution in [2.75, 3.05) is 27.7 Å². The van der Waals surface area contributed by atoms with E-state index in [1.165, 1.54) is 25.7 Å². The van der Waals surface area contributed by atoms with E-state index in [4.69, 9.17) is 0 Å². The van der Waals surface area contributed by atoms with Gasteiger partial charge in [0, 0.05) is 33.7 Å². The third-order valence-corrected chi connectivity index (χ3v) is 5.92. The van der Waals surface area contributed by atoms with Crippen molar-refractivity contribution in [3.8, 4) is 0 Å². The molecule has 0 bridgehead atoms. The van der Waals surface area contributed by atoms with Crippen molar-refractivity contribution in [1.29, 1.82) is 0 Å². The number of amides is 1. The van der Waals surface area contributed by atoms with Crippen LogP contribution >= 0.6 is 24.0 Å². The van der Waals surface area contributed by atoms with E-state index in [2.05, 4.69) is 29.5 Å². The highest BCUT2D eigenvalue weighted by Crippen LogP contribution is 2.39. The largest absolute Gasteiger partial charge is 0.355 e. The molecule has 2 aliphatic carbocycles. The monoisotopic (exact) mass is 464 g/mol. The Bertz CT molecular complexity index is 460. The topological polar surface area (TPSA) is 56.7 Å². The van der Waals surface area contributed by atoms with Gasteiger partial charge in [-0.15, -0.1) is 24.0 Å². The van der Waals surface area contributed by atoms with Crippen molar-refractivity contribution in [1.82, 2.24) is 15.5 Å². The number of nitrogens with one attached hydrogen (secondary N) is 2. The summed E-state index contributed by atoms with van der Waals surface area (Å²) in [7, 11) is 5.54. The normalized spacial score (nSPS) is 22.8. The van der Waals surface area contributed by atoms with Gasteiger partial charge in [0.15, 0.2) is 5.96 Å². The molecule has 0 radical (unpaired) electrons. The molecular formula is C19H37IN4O. The maximum absolute atomic E-state index is 12.7. The minimum atomic E-state index is -0.254. The van der Waals surface area contributed by atoms with Crippen molar-refractivity contribution >= 4 is 35.8 Å². The van der Waals surface area contributed by atoms with Crippen molar-refractivity contribution in [3.05, 3.63) is 0 Å². The molecule has 2 N–H and O–H groups in total. The molecule has 0 atom stereocenters. The number of nitrogens with zero attached hydrogens (tertiary/aromatic N) is 2. The standard InChI is InChI=1S/C19H36N4O.HI/c1-18(2)12-8-15(9-13-18)22-17(20-3)21-14-19(10-6-7-11-19)16(24)23(4)5;/h15H,6-14H2,1-5H3,(H2,20,21,22);1H. The highest BCUT2D eigenvalue weighted by molar-refractivity contribution is 14.0. The SMILES string of the molecule is CN=C(NCC1(C(=O)N(C)C)CCCC1)NC1CCC(C)(C)CC1.I. The van der Waals surface area contributed by atoms with E-state index in [1.807, 2.05) is 21.1 Å². The molecule has 2 rings (SSSR count). The minimum absolute atomic E-state index is 0. The molecule has 5 nitrogen and oxygen atoms in total. The lowest BCUT2D eigenvalue weighted by Gasteiger charge is -2.36. The lowest BCUT2D eigenvalue weighted by molar-refractivity contribution is -0.138. The third kappa shape index (κ3) is 6.00. The molecular weight excluding hydrogens is 427 g/mol. The molecule has 2 aliphatic rings. The minimum Gasteiger partial charge on any atom is -0.355 e. The number of halogens is 1. The Morgan fingerprint density at radius 3 is 2.16 bits per heavy atom. The van der Waals surface area contributed by atoms with Crippen LogP contribution in [0.15, 0.2) is 4.99 Å². The number of rotatable bonds is 4. The summed E-state index contributed by atoms with van der Waals surface area (Å²) in [5.41, 5.74) is 0.219. The average molecular weight is 464 g/mol. The fourth-order valence-corrected chi connectivity index (χ4v) is 4.18. The molecule has 0 aromatic heterocycles. The Morgan fingerprint density at radius 1 is 1.12 bits per heavy atom. The van der Waals surface area contributed by atoms with Crippen LogP contribution in [-0.2, 0) is 4.79 Å². The van der Waals surface area contributed by atoms with E-state index in [0.717, 1.165) is 31.6 Å². The van der Waals surface area contributed by atoms with Gasteiger partial charge >= 0.3 is 0 Å².